The van der Waals surface area contributed by atoms with Crippen LogP contribution in [0.5, 0.6) is 0 Å². The number of fused-ring (bicyclic) bond motifs is 3. The number of hydrogen-bond donors (Lipinski definition) is 1. The van der Waals surface area contributed by atoms with Gasteiger partial charge in [0, 0.05) is 29.4 Å². The second-order valence-corrected chi connectivity index (χ2v) is 6.08. The van der Waals surface area contributed by atoms with Crippen LogP contribution in [0.2, 0.25) is 0 Å². The Morgan fingerprint density at radius 2 is 2.26 bits per heavy atom. The summed E-state index contributed by atoms with van der Waals surface area (Å²) >= 11 is 0. The summed E-state index contributed by atoms with van der Waals surface area (Å²) in [5, 5.41) is 3.37. The van der Waals surface area contributed by atoms with Gasteiger partial charge in [-0.1, -0.05) is 0 Å². The molecule has 4 rings (SSSR count). The topological polar surface area (TPSA) is 47.0 Å². The lowest BCUT2D eigenvalue weighted by molar-refractivity contribution is 0.0998. The summed E-state index contributed by atoms with van der Waals surface area (Å²) < 4.78 is 5.93. The van der Waals surface area contributed by atoms with Crippen LogP contribution in [-0.4, -0.2) is 29.2 Å². The molecule has 1 aromatic heterocycles. The van der Waals surface area contributed by atoms with Crippen LogP contribution in [0.4, 0.5) is 0 Å². The Hall–Kier alpha value is -1.00. The summed E-state index contributed by atoms with van der Waals surface area (Å²) in [7, 11) is 2.03. The molecule has 102 valence electrons. The predicted molar refractivity (Wildman–Crippen MR) is 72.0 cm³/mol. The molecule has 4 unspecified atom stereocenters. The van der Waals surface area contributed by atoms with Crippen molar-refractivity contribution >= 4 is 0 Å². The van der Waals surface area contributed by atoms with E-state index in [2.05, 4.69) is 16.5 Å². The Kier molecular flexibility index (Phi) is 2.81. The largest absolute Gasteiger partial charge is 0.374 e. The zero-order chi connectivity index (χ0) is 12.8. The van der Waals surface area contributed by atoms with Crippen molar-refractivity contribution in [3.63, 3.8) is 0 Å². The molecule has 19 heavy (non-hydrogen) atoms. The summed E-state index contributed by atoms with van der Waals surface area (Å²) in [4.78, 5) is 9.54. The van der Waals surface area contributed by atoms with Gasteiger partial charge in [-0.15, -0.1) is 0 Å². The zero-order valence-electron chi connectivity index (χ0n) is 11.4. The highest BCUT2D eigenvalue weighted by atomic mass is 16.5. The first-order valence-electron chi connectivity index (χ1n) is 7.53. The number of rotatable bonds is 2. The molecule has 2 aliphatic heterocycles. The van der Waals surface area contributed by atoms with E-state index >= 15 is 0 Å². The number of nitrogens with zero attached hydrogens (tertiary/aromatic N) is 2. The van der Waals surface area contributed by atoms with Crippen LogP contribution in [0.3, 0.4) is 0 Å². The first kappa shape index (κ1) is 11.8. The fourth-order valence-electron chi connectivity index (χ4n) is 3.95. The van der Waals surface area contributed by atoms with Gasteiger partial charge in [-0.05, 0) is 45.6 Å². The van der Waals surface area contributed by atoms with E-state index in [1.54, 1.807) is 0 Å². The van der Waals surface area contributed by atoms with Gasteiger partial charge in [0.2, 0.25) is 0 Å². The molecule has 4 nitrogen and oxygen atoms in total. The van der Waals surface area contributed by atoms with Crippen molar-refractivity contribution < 1.29 is 4.74 Å². The minimum absolute atomic E-state index is 0.381. The van der Waals surface area contributed by atoms with Crippen LogP contribution in [0.25, 0.3) is 0 Å². The Bertz CT molecular complexity index is 490. The molecule has 3 aliphatic rings. The lowest BCUT2D eigenvalue weighted by Gasteiger charge is -2.25. The maximum Gasteiger partial charge on any atom is 0.134 e. The van der Waals surface area contributed by atoms with E-state index in [4.69, 9.17) is 9.72 Å². The average molecular weight is 259 g/mol. The first-order valence-corrected chi connectivity index (χ1v) is 7.53. The molecule has 1 aromatic rings. The Balaban J connectivity index is 1.64. The molecular weight excluding hydrogens is 238 g/mol. The molecule has 1 aliphatic carbocycles. The summed E-state index contributed by atoms with van der Waals surface area (Å²) in [6.45, 7) is 0. The van der Waals surface area contributed by atoms with E-state index < -0.39 is 0 Å². The SMILES string of the molecule is CNC1CCCc2nc(C3CC4CCC3O4)ncc21. The molecule has 0 amide bonds. The van der Waals surface area contributed by atoms with E-state index in [0.29, 0.717) is 24.2 Å². The smallest absolute Gasteiger partial charge is 0.134 e. The maximum atomic E-state index is 5.93. The molecule has 0 spiro atoms. The van der Waals surface area contributed by atoms with Crippen LogP contribution in [0.15, 0.2) is 6.20 Å². The van der Waals surface area contributed by atoms with Crippen LogP contribution in [0.1, 0.15) is 61.1 Å². The number of ether oxygens (including phenoxy) is 1. The monoisotopic (exact) mass is 259 g/mol. The highest BCUT2D eigenvalue weighted by Crippen LogP contribution is 2.43. The van der Waals surface area contributed by atoms with Crippen molar-refractivity contribution in [2.45, 2.75) is 62.7 Å². The highest BCUT2D eigenvalue weighted by molar-refractivity contribution is 5.26. The van der Waals surface area contributed by atoms with Crippen molar-refractivity contribution in [3.8, 4) is 0 Å². The van der Waals surface area contributed by atoms with E-state index in [0.717, 1.165) is 18.7 Å². The van der Waals surface area contributed by atoms with Crippen molar-refractivity contribution in [1.29, 1.82) is 0 Å². The van der Waals surface area contributed by atoms with Gasteiger partial charge in [-0.2, -0.15) is 0 Å². The molecule has 2 saturated heterocycles. The second-order valence-electron chi connectivity index (χ2n) is 6.08. The predicted octanol–water partition coefficient (Wildman–Crippen LogP) is 2.11. The molecule has 0 radical (unpaired) electrons. The molecule has 0 saturated carbocycles. The Morgan fingerprint density at radius 3 is 3.00 bits per heavy atom. The third-order valence-electron chi connectivity index (χ3n) is 4.99. The number of aryl methyl sites for hydroxylation is 1. The standard InChI is InChI=1S/C15H21N3O/c1-16-12-3-2-4-13-11(12)8-17-15(18-13)10-7-9-5-6-14(10)19-9/h8-10,12,14,16H,2-7H2,1H3. The average Bonchev–Trinajstić information content (AvgIpc) is 3.08. The van der Waals surface area contributed by atoms with Gasteiger partial charge < -0.3 is 10.1 Å². The third kappa shape index (κ3) is 1.89. The van der Waals surface area contributed by atoms with E-state index in [-0.39, 0.29) is 0 Å². The van der Waals surface area contributed by atoms with Gasteiger partial charge in [0.05, 0.1) is 12.2 Å². The lowest BCUT2D eigenvalue weighted by Crippen LogP contribution is -2.25. The van der Waals surface area contributed by atoms with E-state index in [1.165, 1.54) is 36.9 Å². The lowest BCUT2D eigenvalue weighted by atomic mass is 9.87. The van der Waals surface area contributed by atoms with E-state index in [1.807, 2.05) is 7.05 Å². The molecule has 1 N–H and O–H groups in total. The first-order chi connectivity index (χ1) is 9.35. The second kappa shape index (κ2) is 4.53. The zero-order valence-corrected chi connectivity index (χ0v) is 11.4. The Morgan fingerprint density at radius 1 is 1.32 bits per heavy atom. The van der Waals surface area contributed by atoms with Crippen molar-refractivity contribution in [1.82, 2.24) is 15.3 Å². The van der Waals surface area contributed by atoms with Crippen LogP contribution < -0.4 is 5.32 Å². The summed E-state index contributed by atoms with van der Waals surface area (Å²) in [6, 6.07) is 0.439. The Labute approximate surface area is 114 Å². The fraction of sp³-hybridized carbons (Fsp3) is 0.733. The number of hydrogen-bond acceptors (Lipinski definition) is 4. The quantitative estimate of drug-likeness (QED) is 0.883. The number of aromatic nitrogens is 2. The molecule has 4 heteroatoms. The van der Waals surface area contributed by atoms with Crippen LogP contribution in [-0.2, 0) is 11.2 Å². The molecule has 3 heterocycles. The van der Waals surface area contributed by atoms with Gasteiger partial charge in [-0.3, -0.25) is 0 Å². The summed E-state index contributed by atoms with van der Waals surface area (Å²) in [6.07, 6.45) is 9.98. The van der Waals surface area contributed by atoms with Crippen LogP contribution >= 0.6 is 0 Å². The van der Waals surface area contributed by atoms with Gasteiger partial charge in [-0.25, -0.2) is 9.97 Å². The minimum Gasteiger partial charge on any atom is -0.374 e. The van der Waals surface area contributed by atoms with Crippen molar-refractivity contribution in [2.75, 3.05) is 7.05 Å². The van der Waals surface area contributed by atoms with Gasteiger partial charge in [0.15, 0.2) is 0 Å². The number of nitrogens with one attached hydrogen (secondary N) is 1. The molecule has 0 aromatic carbocycles. The minimum atomic E-state index is 0.381. The van der Waals surface area contributed by atoms with Crippen molar-refractivity contribution in [3.05, 3.63) is 23.3 Å². The molecule has 4 atom stereocenters. The van der Waals surface area contributed by atoms with E-state index in [9.17, 15) is 0 Å². The van der Waals surface area contributed by atoms with Crippen molar-refractivity contribution in [2.24, 2.45) is 0 Å². The molecule has 2 fully saturated rings. The molecule has 2 bridgehead atoms. The normalized spacial score (nSPS) is 36.5. The molecular formula is C15H21N3O. The summed E-state index contributed by atoms with van der Waals surface area (Å²) in [5.41, 5.74) is 2.57. The summed E-state index contributed by atoms with van der Waals surface area (Å²) in [5.74, 6) is 1.47. The van der Waals surface area contributed by atoms with Crippen LogP contribution in [0, 0.1) is 0 Å². The van der Waals surface area contributed by atoms with Gasteiger partial charge in [0.25, 0.3) is 0 Å². The van der Waals surface area contributed by atoms with Gasteiger partial charge >= 0.3 is 0 Å². The third-order valence-corrected chi connectivity index (χ3v) is 4.99. The fourth-order valence-corrected chi connectivity index (χ4v) is 3.95. The van der Waals surface area contributed by atoms with Gasteiger partial charge in [0.1, 0.15) is 5.82 Å². The highest BCUT2D eigenvalue weighted by Gasteiger charge is 2.43. The maximum absolute atomic E-state index is 5.93.